The fourth-order valence-electron chi connectivity index (χ4n) is 0.893. The predicted octanol–water partition coefficient (Wildman–Crippen LogP) is 3.10. The third kappa shape index (κ3) is 1.90. The molecule has 0 aliphatic heterocycles. The summed E-state index contributed by atoms with van der Waals surface area (Å²) in [4.78, 5) is 4.21. The van der Waals surface area contributed by atoms with Crippen LogP contribution in [0.15, 0.2) is 0 Å². The molecule has 1 aromatic rings. The Morgan fingerprint density at radius 1 is 1.42 bits per heavy atom. The molecule has 0 N–H and O–H groups in total. The molecule has 0 amide bonds. The van der Waals surface area contributed by atoms with Gasteiger partial charge in [-0.05, 0) is 0 Å². The molecule has 1 aromatic heterocycles. The van der Waals surface area contributed by atoms with Crippen LogP contribution in [-0.4, -0.2) is 12.1 Å². The van der Waals surface area contributed by atoms with Crippen LogP contribution in [0.5, 0.6) is 5.06 Å². The summed E-state index contributed by atoms with van der Waals surface area (Å²) < 4.78 is 5.70. The monoisotopic (exact) mass is 205 g/mol. The molecule has 4 heteroatoms. The number of rotatable bonds is 1. The largest absolute Gasteiger partial charge is 0.486 e. The van der Waals surface area contributed by atoms with Gasteiger partial charge in [0.2, 0.25) is 0 Å². The molecule has 0 aliphatic carbocycles. The molecule has 12 heavy (non-hydrogen) atoms. The van der Waals surface area contributed by atoms with Crippen LogP contribution < -0.4 is 4.74 Å². The van der Waals surface area contributed by atoms with E-state index < -0.39 is 0 Å². The highest BCUT2D eigenvalue weighted by atomic mass is 35.5. The topological polar surface area (TPSA) is 22.1 Å². The Labute approximate surface area is 81.5 Å². The van der Waals surface area contributed by atoms with E-state index >= 15 is 0 Å². The molecule has 0 atom stereocenters. The van der Waals surface area contributed by atoms with Gasteiger partial charge in [0.25, 0.3) is 0 Å². The standard InChI is InChI=1S/C8H12ClNOS/c1-8(2,3)5-6(11-4)12-7(9)10-5/h1-4H3. The minimum atomic E-state index is -0.00498. The van der Waals surface area contributed by atoms with Gasteiger partial charge < -0.3 is 4.74 Å². The van der Waals surface area contributed by atoms with Crippen molar-refractivity contribution in [2.75, 3.05) is 7.11 Å². The van der Waals surface area contributed by atoms with Gasteiger partial charge in [0.1, 0.15) is 5.69 Å². The summed E-state index contributed by atoms with van der Waals surface area (Å²) in [5, 5.41) is 0.813. The zero-order valence-corrected chi connectivity index (χ0v) is 9.21. The minimum Gasteiger partial charge on any atom is -0.486 e. The Hall–Kier alpha value is -0.280. The number of thiazole rings is 1. The van der Waals surface area contributed by atoms with Crippen molar-refractivity contribution in [3.05, 3.63) is 10.2 Å². The number of nitrogens with zero attached hydrogens (tertiary/aromatic N) is 1. The van der Waals surface area contributed by atoms with E-state index in [-0.39, 0.29) is 5.41 Å². The van der Waals surface area contributed by atoms with Crippen molar-refractivity contribution >= 4 is 22.9 Å². The molecular weight excluding hydrogens is 194 g/mol. The van der Waals surface area contributed by atoms with E-state index in [1.807, 2.05) is 0 Å². The Kier molecular flexibility index (Phi) is 2.64. The molecule has 0 aliphatic rings. The second-order valence-corrected chi connectivity index (χ2v) is 5.10. The second kappa shape index (κ2) is 3.23. The number of methoxy groups -OCH3 is 1. The zero-order valence-electron chi connectivity index (χ0n) is 7.64. The zero-order chi connectivity index (χ0) is 9.35. The van der Waals surface area contributed by atoms with Crippen LogP contribution in [0.3, 0.4) is 0 Å². The van der Waals surface area contributed by atoms with Crippen LogP contribution in [0.1, 0.15) is 26.5 Å². The molecule has 0 bridgehead atoms. The highest BCUT2D eigenvalue weighted by Gasteiger charge is 2.23. The second-order valence-electron chi connectivity index (χ2n) is 3.56. The molecule has 0 radical (unpaired) electrons. The van der Waals surface area contributed by atoms with Crippen LogP contribution in [0, 0.1) is 0 Å². The van der Waals surface area contributed by atoms with Crippen molar-refractivity contribution < 1.29 is 4.74 Å². The van der Waals surface area contributed by atoms with Gasteiger partial charge in [-0.2, -0.15) is 0 Å². The first-order valence-electron chi connectivity index (χ1n) is 3.66. The van der Waals surface area contributed by atoms with Gasteiger partial charge in [0.05, 0.1) is 7.11 Å². The van der Waals surface area contributed by atoms with Gasteiger partial charge in [0.15, 0.2) is 9.53 Å². The van der Waals surface area contributed by atoms with E-state index in [1.54, 1.807) is 7.11 Å². The SMILES string of the molecule is COc1sc(Cl)nc1C(C)(C)C. The van der Waals surface area contributed by atoms with Crippen LogP contribution in [-0.2, 0) is 5.41 Å². The minimum absolute atomic E-state index is 0.00498. The first-order chi connectivity index (χ1) is 5.45. The van der Waals surface area contributed by atoms with Gasteiger partial charge >= 0.3 is 0 Å². The first-order valence-corrected chi connectivity index (χ1v) is 4.85. The lowest BCUT2D eigenvalue weighted by Crippen LogP contribution is -2.12. The molecule has 0 unspecified atom stereocenters. The summed E-state index contributed by atoms with van der Waals surface area (Å²) in [7, 11) is 1.64. The highest BCUT2D eigenvalue weighted by molar-refractivity contribution is 7.17. The van der Waals surface area contributed by atoms with Crippen molar-refractivity contribution in [2.24, 2.45) is 0 Å². The van der Waals surface area contributed by atoms with Gasteiger partial charge in [-0.3, -0.25) is 0 Å². The number of aromatic nitrogens is 1. The Morgan fingerprint density at radius 3 is 2.33 bits per heavy atom. The molecule has 1 heterocycles. The van der Waals surface area contributed by atoms with Gasteiger partial charge in [-0.25, -0.2) is 4.98 Å². The fourth-order valence-corrected chi connectivity index (χ4v) is 2.01. The maximum atomic E-state index is 5.78. The number of ether oxygens (including phenoxy) is 1. The van der Waals surface area contributed by atoms with Gasteiger partial charge in [-0.1, -0.05) is 43.7 Å². The van der Waals surface area contributed by atoms with E-state index in [0.717, 1.165) is 10.8 Å². The van der Waals surface area contributed by atoms with E-state index in [0.29, 0.717) is 4.47 Å². The van der Waals surface area contributed by atoms with E-state index in [2.05, 4.69) is 25.8 Å². The van der Waals surface area contributed by atoms with Crippen LogP contribution in [0.2, 0.25) is 4.47 Å². The number of hydrogen-bond donors (Lipinski definition) is 0. The molecule has 0 aromatic carbocycles. The quantitative estimate of drug-likeness (QED) is 0.703. The number of hydrogen-bond acceptors (Lipinski definition) is 3. The first kappa shape index (κ1) is 9.81. The van der Waals surface area contributed by atoms with Gasteiger partial charge in [-0.15, -0.1) is 0 Å². The average molecular weight is 206 g/mol. The van der Waals surface area contributed by atoms with Crippen LogP contribution in [0.25, 0.3) is 0 Å². The molecule has 0 spiro atoms. The summed E-state index contributed by atoms with van der Waals surface area (Å²) in [6.45, 7) is 6.25. The summed E-state index contributed by atoms with van der Waals surface area (Å²) in [5.74, 6) is 0. The molecule has 0 fully saturated rings. The van der Waals surface area contributed by atoms with Crippen molar-refractivity contribution in [2.45, 2.75) is 26.2 Å². The maximum absolute atomic E-state index is 5.78. The smallest absolute Gasteiger partial charge is 0.198 e. The Bertz CT molecular complexity index is 277. The van der Waals surface area contributed by atoms with Crippen molar-refractivity contribution in [3.8, 4) is 5.06 Å². The predicted molar refractivity (Wildman–Crippen MR) is 52.4 cm³/mol. The average Bonchev–Trinajstić information content (AvgIpc) is 2.29. The summed E-state index contributed by atoms with van der Waals surface area (Å²) in [6.07, 6.45) is 0. The molecular formula is C8H12ClNOS. The fraction of sp³-hybridized carbons (Fsp3) is 0.625. The Morgan fingerprint density at radius 2 is 2.00 bits per heavy atom. The van der Waals surface area contributed by atoms with Crippen molar-refractivity contribution in [1.29, 1.82) is 0 Å². The highest BCUT2D eigenvalue weighted by Crippen LogP contribution is 2.37. The lowest BCUT2D eigenvalue weighted by Gasteiger charge is -2.16. The third-order valence-corrected chi connectivity index (χ3v) is 2.59. The molecule has 1 rings (SSSR count). The molecule has 0 saturated heterocycles. The third-order valence-electron chi connectivity index (χ3n) is 1.47. The van der Waals surface area contributed by atoms with Crippen molar-refractivity contribution in [3.63, 3.8) is 0 Å². The maximum Gasteiger partial charge on any atom is 0.198 e. The summed E-state index contributed by atoms with van der Waals surface area (Å²) >= 11 is 7.15. The normalized spacial score (nSPS) is 11.8. The summed E-state index contributed by atoms with van der Waals surface area (Å²) in [5.41, 5.74) is 0.926. The number of halogens is 1. The van der Waals surface area contributed by atoms with Crippen LogP contribution >= 0.6 is 22.9 Å². The van der Waals surface area contributed by atoms with E-state index in [1.165, 1.54) is 11.3 Å². The molecule has 0 saturated carbocycles. The van der Waals surface area contributed by atoms with E-state index in [4.69, 9.17) is 16.3 Å². The van der Waals surface area contributed by atoms with Crippen LogP contribution in [0.4, 0.5) is 0 Å². The molecule has 2 nitrogen and oxygen atoms in total. The molecule has 68 valence electrons. The van der Waals surface area contributed by atoms with Gasteiger partial charge in [0, 0.05) is 5.41 Å². The lowest BCUT2D eigenvalue weighted by atomic mass is 9.93. The van der Waals surface area contributed by atoms with E-state index in [9.17, 15) is 0 Å². The lowest BCUT2D eigenvalue weighted by molar-refractivity contribution is 0.406. The van der Waals surface area contributed by atoms with Crippen molar-refractivity contribution in [1.82, 2.24) is 4.98 Å². The Balaban J connectivity index is 3.13. The summed E-state index contributed by atoms with van der Waals surface area (Å²) in [6, 6.07) is 0.